The Morgan fingerprint density at radius 3 is 2.28 bits per heavy atom. The van der Waals surface area contributed by atoms with Crippen LogP contribution in [0, 0.1) is 11.3 Å². The number of carbonyl (C=O) groups excluding carboxylic acids is 3. The lowest BCUT2D eigenvalue weighted by atomic mass is 10.0. The van der Waals surface area contributed by atoms with E-state index < -0.39 is 24.0 Å². The number of likely N-dealkylation sites (N-methyl/N-ethyl adjacent to an activating group) is 1. The van der Waals surface area contributed by atoms with Crippen molar-refractivity contribution >= 4 is 23.9 Å². The Labute approximate surface area is 172 Å². The molecule has 2 amide bonds. The predicted octanol–water partition coefficient (Wildman–Crippen LogP) is 2.63. The molecule has 1 N–H and O–H groups in total. The second-order valence-corrected chi connectivity index (χ2v) is 8.12. The first-order chi connectivity index (χ1) is 13.4. The van der Waals surface area contributed by atoms with E-state index in [0.717, 1.165) is 10.5 Å². The van der Waals surface area contributed by atoms with Crippen molar-refractivity contribution < 1.29 is 19.1 Å². The predicted molar refractivity (Wildman–Crippen MR) is 111 cm³/mol. The van der Waals surface area contributed by atoms with Gasteiger partial charge in [-0.25, -0.2) is 4.79 Å². The van der Waals surface area contributed by atoms with Crippen LogP contribution in [0.25, 0.3) is 6.08 Å². The summed E-state index contributed by atoms with van der Waals surface area (Å²) in [6.45, 7) is 8.94. The summed E-state index contributed by atoms with van der Waals surface area (Å²) < 4.78 is 4.94. The van der Waals surface area contributed by atoms with E-state index in [4.69, 9.17) is 4.74 Å². The van der Waals surface area contributed by atoms with Gasteiger partial charge in [0.25, 0.3) is 5.91 Å². The summed E-state index contributed by atoms with van der Waals surface area (Å²) in [4.78, 5) is 37.2. The van der Waals surface area contributed by atoms with Gasteiger partial charge in [0, 0.05) is 12.6 Å². The van der Waals surface area contributed by atoms with Gasteiger partial charge in [0.2, 0.25) is 5.91 Å². The van der Waals surface area contributed by atoms with Crippen molar-refractivity contribution in [3.63, 3.8) is 0 Å². The van der Waals surface area contributed by atoms with Gasteiger partial charge in [-0.1, -0.05) is 38.1 Å². The molecule has 7 heteroatoms. The number of esters is 1. The molecule has 0 fully saturated rings. The number of hydrogen-bond acceptors (Lipinski definition) is 5. The molecule has 0 aromatic heterocycles. The van der Waals surface area contributed by atoms with Crippen molar-refractivity contribution in [3.05, 3.63) is 41.0 Å². The molecule has 0 aliphatic carbocycles. The zero-order valence-corrected chi connectivity index (χ0v) is 17.9. The molecule has 1 rings (SSSR count). The van der Waals surface area contributed by atoms with Crippen LogP contribution in [-0.4, -0.2) is 48.4 Å². The Bertz CT molecular complexity index is 812. The molecule has 0 heterocycles. The molecular weight excluding hydrogens is 370 g/mol. The zero-order chi connectivity index (χ0) is 22.2. The van der Waals surface area contributed by atoms with Crippen LogP contribution in [0.1, 0.15) is 51.7 Å². The summed E-state index contributed by atoms with van der Waals surface area (Å²) in [5, 5.41) is 12.0. The minimum absolute atomic E-state index is 0.156. The normalized spacial score (nSPS) is 11.6. The van der Waals surface area contributed by atoms with E-state index in [2.05, 4.69) is 19.2 Å². The van der Waals surface area contributed by atoms with Crippen LogP contribution in [0.4, 0.5) is 0 Å². The number of amides is 2. The van der Waals surface area contributed by atoms with Crippen LogP contribution in [0.2, 0.25) is 0 Å². The Hall–Kier alpha value is -3.14. The molecule has 0 saturated heterocycles. The van der Waals surface area contributed by atoms with E-state index >= 15 is 0 Å². The van der Waals surface area contributed by atoms with Crippen molar-refractivity contribution in [2.24, 2.45) is 0 Å². The van der Waals surface area contributed by atoms with Gasteiger partial charge < -0.3 is 15.0 Å². The van der Waals surface area contributed by atoms with Gasteiger partial charge in [0.05, 0.1) is 6.54 Å². The van der Waals surface area contributed by atoms with Crippen LogP contribution in [-0.2, 0) is 19.1 Å². The quantitative estimate of drug-likeness (QED) is 0.432. The lowest BCUT2D eigenvalue weighted by Crippen LogP contribution is -2.46. The SMILES string of the molecule is CC(C)c1ccc(/C=C(\C#N)C(=O)OCC(=O)N(C)CC(=O)NC(C)(C)C)cc1. The highest BCUT2D eigenvalue weighted by Crippen LogP contribution is 2.16. The van der Waals surface area contributed by atoms with Gasteiger partial charge in [0.15, 0.2) is 6.61 Å². The maximum Gasteiger partial charge on any atom is 0.349 e. The zero-order valence-electron chi connectivity index (χ0n) is 17.9. The molecule has 29 heavy (non-hydrogen) atoms. The molecule has 0 unspecified atom stereocenters. The molecule has 0 aliphatic heterocycles. The van der Waals surface area contributed by atoms with E-state index in [1.807, 2.05) is 45.0 Å². The fourth-order valence-electron chi connectivity index (χ4n) is 2.36. The highest BCUT2D eigenvalue weighted by atomic mass is 16.5. The molecule has 7 nitrogen and oxygen atoms in total. The number of nitrogens with one attached hydrogen (secondary N) is 1. The van der Waals surface area contributed by atoms with Crippen LogP contribution in [0.15, 0.2) is 29.8 Å². The Morgan fingerprint density at radius 2 is 1.79 bits per heavy atom. The van der Waals surface area contributed by atoms with Crippen molar-refractivity contribution in [2.75, 3.05) is 20.2 Å². The Morgan fingerprint density at radius 1 is 1.21 bits per heavy atom. The van der Waals surface area contributed by atoms with Gasteiger partial charge in [-0.05, 0) is 43.9 Å². The van der Waals surface area contributed by atoms with E-state index in [0.29, 0.717) is 11.5 Å². The number of rotatable bonds is 7. The first-order valence-corrected chi connectivity index (χ1v) is 9.37. The molecule has 0 aliphatic rings. The van der Waals surface area contributed by atoms with E-state index in [1.54, 1.807) is 6.07 Å². The Balaban J connectivity index is 2.65. The second kappa shape index (κ2) is 10.4. The number of nitriles is 1. The second-order valence-electron chi connectivity index (χ2n) is 8.12. The molecule has 0 spiro atoms. The molecular formula is C22H29N3O4. The number of ether oxygens (including phenoxy) is 1. The standard InChI is InChI=1S/C22H29N3O4/c1-15(2)17-9-7-16(8-10-17)11-18(12-23)21(28)29-14-20(27)25(6)13-19(26)24-22(3,4)5/h7-11,15H,13-14H2,1-6H3,(H,24,26)/b18-11+. The fraction of sp³-hybridized carbons (Fsp3) is 0.455. The van der Waals surface area contributed by atoms with Crippen LogP contribution < -0.4 is 5.32 Å². The number of hydrogen-bond donors (Lipinski definition) is 1. The fourth-order valence-corrected chi connectivity index (χ4v) is 2.36. The third kappa shape index (κ3) is 8.60. The molecule has 0 bridgehead atoms. The van der Waals surface area contributed by atoms with Gasteiger partial charge in [-0.15, -0.1) is 0 Å². The average Bonchev–Trinajstić information content (AvgIpc) is 2.62. The van der Waals surface area contributed by atoms with E-state index in [1.165, 1.54) is 13.1 Å². The lowest BCUT2D eigenvalue weighted by Gasteiger charge is -2.23. The maximum atomic E-state index is 12.1. The van der Waals surface area contributed by atoms with Crippen molar-refractivity contribution in [1.82, 2.24) is 10.2 Å². The smallest absolute Gasteiger partial charge is 0.349 e. The number of carbonyl (C=O) groups is 3. The summed E-state index contributed by atoms with van der Waals surface area (Å²) in [7, 11) is 1.44. The molecule has 0 radical (unpaired) electrons. The molecule has 1 aromatic rings. The first kappa shape index (κ1) is 23.9. The van der Waals surface area contributed by atoms with E-state index in [9.17, 15) is 19.6 Å². The minimum Gasteiger partial charge on any atom is -0.451 e. The molecule has 156 valence electrons. The highest BCUT2D eigenvalue weighted by Gasteiger charge is 2.19. The van der Waals surface area contributed by atoms with Crippen LogP contribution in [0.5, 0.6) is 0 Å². The van der Waals surface area contributed by atoms with E-state index in [-0.39, 0.29) is 18.0 Å². The van der Waals surface area contributed by atoms with Gasteiger partial charge >= 0.3 is 5.97 Å². The van der Waals surface area contributed by atoms with Gasteiger partial charge in [-0.3, -0.25) is 9.59 Å². The molecule has 1 aromatic carbocycles. The van der Waals surface area contributed by atoms with Gasteiger partial charge in [-0.2, -0.15) is 5.26 Å². The largest absolute Gasteiger partial charge is 0.451 e. The third-order valence-corrected chi connectivity index (χ3v) is 3.90. The topological polar surface area (TPSA) is 99.5 Å². The molecule has 0 atom stereocenters. The maximum absolute atomic E-state index is 12.1. The number of benzene rings is 1. The van der Waals surface area contributed by atoms with Gasteiger partial charge in [0.1, 0.15) is 11.6 Å². The lowest BCUT2D eigenvalue weighted by molar-refractivity contribution is -0.148. The third-order valence-electron chi connectivity index (χ3n) is 3.90. The van der Waals surface area contributed by atoms with Crippen molar-refractivity contribution in [2.45, 2.75) is 46.1 Å². The Kier molecular flexibility index (Phi) is 8.58. The monoisotopic (exact) mass is 399 g/mol. The summed E-state index contributed by atoms with van der Waals surface area (Å²) >= 11 is 0. The molecule has 0 saturated carbocycles. The summed E-state index contributed by atoms with van der Waals surface area (Å²) in [6.07, 6.45) is 1.41. The van der Waals surface area contributed by atoms with Crippen molar-refractivity contribution in [1.29, 1.82) is 5.26 Å². The summed E-state index contributed by atoms with van der Waals surface area (Å²) in [5.74, 6) is -1.37. The summed E-state index contributed by atoms with van der Waals surface area (Å²) in [5.41, 5.74) is 1.22. The highest BCUT2D eigenvalue weighted by molar-refractivity contribution is 5.99. The first-order valence-electron chi connectivity index (χ1n) is 9.37. The average molecular weight is 399 g/mol. The minimum atomic E-state index is -0.888. The van der Waals surface area contributed by atoms with Crippen LogP contribution >= 0.6 is 0 Å². The van der Waals surface area contributed by atoms with Crippen LogP contribution in [0.3, 0.4) is 0 Å². The number of nitrogens with zero attached hydrogens (tertiary/aromatic N) is 2. The van der Waals surface area contributed by atoms with Crippen molar-refractivity contribution in [3.8, 4) is 6.07 Å². The summed E-state index contributed by atoms with van der Waals surface area (Å²) in [6, 6.07) is 9.28.